The summed E-state index contributed by atoms with van der Waals surface area (Å²) in [5, 5.41) is 5.65. The zero-order valence-corrected chi connectivity index (χ0v) is 16.7. The minimum atomic E-state index is -0.778. The number of carbonyl (C=O) groups excluding carboxylic acids is 2. The molecule has 0 spiro atoms. The Bertz CT molecular complexity index is 806. The van der Waals surface area contributed by atoms with E-state index in [1.807, 2.05) is 45.0 Å². The van der Waals surface area contributed by atoms with Crippen LogP contribution in [0.25, 0.3) is 0 Å². The fraction of sp³-hybridized carbons (Fsp3) is 0.364. The van der Waals surface area contributed by atoms with Crippen LogP contribution in [-0.4, -0.2) is 25.0 Å². The van der Waals surface area contributed by atoms with Gasteiger partial charge in [0.1, 0.15) is 17.6 Å². The Morgan fingerprint density at radius 2 is 1.68 bits per heavy atom. The van der Waals surface area contributed by atoms with Crippen molar-refractivity contribution in [2.45, 2.75) is 39.3 Å². The minimum Gasteiger partial charge on any atom is -0.497 e. The normalized spacial score (nSPS) is 12.9. The molecule has 0 saturated carbocycles. The summed E-state index contributed by atoms with van der Waals surface area (Å²) in [5.41, 5.74) is 0.864. The molecule has 0 aliphatic heterocycles. The van der Waals surface area contributed by atoms with Crippen molar-refractivity contribution in [2.75, 3.05) is 7.11 Å². The summed E-state index contributed by atoms with van der Waals surface area (Å²) >= 11 is 0. The van der Waals surface area contributed by atoms with Crippen molar-refractivity contribution in [1.82, 2.24) is 10.6 Å². The molecule has 2 unspecified atom stereocenters. The van der Waals surface area contributed by atoms with E-state index in [4.69, 9.17) is 4.74 Å². The molecular formula is C22H27FN2O3. The summed E-state index contributed by atoms with van der Waals surface area (Å²) in [7, 11) is 1.60. The fourth-order valence-electron chi connectivity index (χ4n) is 2.92. The van der Waals surface area contributed by atoms with E-state index in [9.17, 15) is 14.0 Å². The predicted octanol–water partition coefficient (Wildman–Crippen LogP) is 3.86. The van der Waals surface area contributed by atoms with E-state index in [0.717, 1.165) is 11.3 Å². The number of hydrogen-bond acceptors (Lipinski definition) is 3. The van der Waals surface area contributed by atoms with Crippen molar-refractivity contribution in [3.8, 4) is 5.75 Å². The van der Waals surface area contributed by atoms with Crippen LogP contribution in [-0.2, 0) is 4.79 Å². The molecular weight excluding hydrogens is 359 g/mol. The Balaban J connectivity index is 2.12. The average Bonchev–Trinajstić information content (AvgIpc) is 2.70. The van der Waals surface area contributed by atoms with Gasteiger partial charge in [-0.3, -0.25) is 9.59 Å². The van der Waals surface area contributed by atoms with Gasteiger partial charge < -0.3 is 15.4 Å². The van der Waals surface area contributed by atoms with Gasteiger partial charge in [-0.15, -0.1) is 0 Å². The molecule has 0 fully saturated rings. The molecule has 6 heteroatoms. The smallest absolute Gasteiger partial charge is 0.254 e. The third-order valence-electron chi connectivity index (χ3n) is 4.60. The van der Waals surface area contributed by atoms with Gasteiger partial charge in [0, 0.05) is 0 Å². The van der Waals surface area contributed by atoms with Gasteiger partial charge in [0.2, 0.25) is 5.91 Å². The number of rotatable bonds is 8. The molecule has 5 nitrogen and oxygen atoms in total. The van der Waals surface area contributed by atoms with E-state index in [1.165, 1.54) is 18.2 Å². The Morgan fingerprint density at radius 1 is 1.04 bits per heavy atom. The van der Waals surface area contributed by atoms with Crippen LogP contribution < -0.4 is 15.4 Å². The SMILES string of the molecule is CCC(NC(=O)C(NC(=O)c1ccccc1F)C(C)C)c1ccc(OC)cc1. The third-order valence-corrected chi connectivity index (χ3v) is 4.60. The number of nitrogens with one attached hydrogen (secondary N) is 2. The molecule has 150 valence electrons. The van der Waals surface area contributed by atoms with Crippen molar-refractivity contribution in [3.63, 3.8) is 0 Å². The Labute approximate surface area is 165 Å². The van der Waals surface area contributed by atoms with Gasteiger partial charge in [0.05, 0.1) is 18.7 Å². The Hall–Kier alpha value is -2.89. The zero-order valence-electron chi connectivity index (χ0n) is 16.7. The maximum atomic E-state index is 13.9. The van der Waals surface area contributed by atoms with Crippen LogP contribution in [0.15, 0.2) is 48.5 Å². The molecule has 2 atom stereocenters. The largest absolute Gasteiger partial charge is 0.497 e. The zero-order chi connectivity index (χ0) is 20.7. The van der Waals surface area contributed by atoms with E-state index in [0.29, 0.717) is 6.42 Å². The molecule has 2 amide bonds. The number of hydrogen-bond donors (Lipinski definition) is 2. The van der Waals surface area contributed by atoms with Gasteiger partial charge in [0.15, 0.2) is 0 Å². The summed E-state index contributed by atoms with van der Waals surface area (Å²) in [6.07, 6.45) is 0.685. The molecule has 0 saturated heterocycles. The first-order valence-electron chi connectivity index (χ1n) is 9.37. The van der Waals surface area contributed by atoms with Gasteiger partial charge in [-0.25, -0.2) is 4.39 Å². The Morgan fingerprint density at radius 3 is 2.21 bits per heavy atom. The summed E-state index contributed by atoms with van der Waals surface area (Å²) in [4.78, 5) is 25.3. The number of carbonyl (C=O) groups is 2. The van der Waals surface area contributed by atoms with Crippen molar-refractivity contribution in [2.24, 2.45) is 5.92 Å². The first kappa shape index (κ1) is 21.4. The molecule has 0 bridgehead atoms. The van der Waals surface area contributed by atoms with Crippen LogP contribution in [0.4, 0.5) is 4.39 Å². The van der Waals surface area contributed by atoms with Gasteiger partial charge in [-0.1, -0.05) is 45.0 Å². The van der Waals surface area contributed by atoms with E-state index >= 15 is 0 Å². The van der Waals surface area contributed by atoms with Crippen LogP contribution in [0.5, 0.6) is 5.75 Å². The van der Waals surface area contributed by atoms with E-state index in [2.05, 4.69) is 10.6 Å². The third kappa shape index (κ3) is 5.31. The molecule has 2 aromatic rings. The fourth-order valence-corrected chi connectivity index (χ4v) is 2.92. The lowest BCUT2D eigenvalue weighted by atomic mass is 10.00. The number of ether oxygens (including phenoxy) is 1. The molecule has 0 aliphatic rings. The van der Waals surface area contributed by atoms with Crippen molar-refractivity contribution >= 4 is 11.8 Å². The second kappa shape index (κ2) is 9.88. The lowest BCUT2D eigenvalue weighted by Gasteiger charge is -2.25. The molecule has 0 aliphatic carbocycles. The first-order chi connectivity index (χ1) is 13.4. The van der Waals surface area contributed by atoms with Crippen LogP contribution in [0.2, 0.25) is 0 Å². The van der Waals surface area contributed by atoms with Gasteiger partial charge >= 0.3 is 0 Å². The second-order valence-electron chi connectivity index (χ2n) is 6.92. The first-order valence-corrected chi connectivity index (χ1v) is 9.37. The second-order valence-corrected chi connectivity index (χ2v) is 6.92. The summed E-state index contributed by atoms with van der Waals surface area (Å²) in [5.74, 6) is -0.953. The van der Waals surface area contributed by atoms with Crippen molar-refractivity contribution in [1.29, 1.82) is 0 Å². The molecule has 28 heavy (non-hydrogen) atoms. The maximum Gasteiger partial charge on any atom is 0.254 e. The lowest BCUT2D eigenvalue weighted by Crippen LogP contribution is -2.50. The molecule has 0 heterocycles. The number of amides is 2. The molecule has 0 radical (unpaired) electrons. The highest BCUT2D eigenvalue weighted by atomic mass is 19.1. The quantitative estimate of drug-likeness (QED) is 0.724. The van der Waals surface area contributed by atoms with Crippen molar-refractivity contribution < 1.29 is 18.7 Å². The van der Waals surface area contributed by atoms with Crippen LogP contribution >= 0.6 is 0 Å². The standard InChI is InChI=1S/C22H27FN2O3/c1-5-19(15-10-12-16(28-4)13-11-15)24-22(27)20(14(2)3)25-21(26)17-8-6-7-9-18(17)23/h6-14,19-20H,5H2,1-4H3,(H,24,27)(H,25,26). The van der Waals surface area contributed by atoms with E-state index in [1.54, 1.807) is 13.2 Å². The lowest BCUT2D eigenvalue weighted by molar-refractivity contribution is -0.124. The molecule has 2 rings (SSSR count). The van der Waals surface area contributed by atoms with Crippen molar-refractivity contribution in [3.05, 3.63) is 65.5 Å². The maximum absolute atomic E-state index is 13.9. The number of methoxy groups -OCH3 is 1. The van der Waals surface area contributed by atoms with E-state index < -0.39 is 17.8 Å². The molecule has 2 N–H and O–H groups in total. The summed E-state index contributed by atoms with van der Waals surface area (Å²) in [6, 6.07) is 12.2. The molecule has 0 aromatic heterocycles. The van der Waals surface area contributed by atoms with Gasteiger partial charge in [-0.2, -0.15) is 0 Å². The number of benzene rings is 2. The Kier molecular flexibility index (Phi) is 7.55. The van der Waals surface area contributed by atoms with Crippen LogP contribution in [0, 0.1) is 11.7 Å². The van der Waals surface area contributed by atoms with Crippen LogP contribution in [0.3, 0.4) is 0 Å². The molecule has 2 aromatic carbocycles. The topological polar surface area (TPSA) is 67.4 Å². The number of halogens is 1. The average molecular weight is 386 g/mol. The van der Waals surface area contributed by atoms with Crippen LogP contribution in [0.1, 0.15) is 49.2 Å². The monoisotopic (exact) mass is 386 g/mol. The summed E-state index contributed by atoms with van der Waals surface area (Å²) < 4.78 is 19.0. The predicted molar refractivity (Wildman–Crippen MR) is 107 cm³/mol. The van der Waals surface area contributed by atoms with E-state index in [-0.39, 0.29) is 23.4 Å². The van der Waals surface area contributed by atoms with Gasteiger partial charge in [-0.05, 0) is 42.2 Å². The highest BCUT2D eigenvalue weighted by molar-refractivity contribution is 5.97. The van der Waals surface area contributed by atoms with Gasteiger partial charge in [0.25, 0.3) is 5.91 Å². The highest BCUT2D eigenvalue weighted by Crippen LogP contribution is 2.20. The highest BCUT2D eigenvalue weighted by Gasteiger charge is 2.27. The minimum absolute atomic E-state index is 0.0804. The summed E-state index contributed by atoms with van der Waals surface area (Å²) in [6.45, 7) is 5.64.